The molecule has 12 heteroatoms. The molecule has 0 radical (unpaired) electrons. The van der Waals surface area contributed by atoms with Crippen LogP contribution in [0.2, 0.25) is 0 Å². The number of amides is 1. The summed E-state index contributed by atoms with van der Waals surface area (Å²) in [6.45, 7) is 2.66. The number of anilines is 3. The zero-order chi connectivity index (χ0) is 27.6. The van der Waals surface area contributed by atoms with Crippen molar-refractivity contribution in [1.29, 1.82) is 0 Å². The van der Waals surface area contributed by atoms with Gasteiger partial charge in [0.1, 0.15) is 16.6 Å². The van der Waals surface area contributed by atoms with Crippen LogP contribution in [0.3, 0.4) is 0 Å². The minimum Gasteiger partial charge on any atom is -0.355 e. The molecule has 8 nitrogen and oxygen atoms in total. The molecule has 0 unspecified atom stereocenters. The largest absolute Gasteiger partial charge is 0.355 e. The first-order valence-corrected chi connectivity index (χ1v) is 14.5. The van der Waals surface area contributed by atoms with E-state index < -0.39 is 15.8 Å². The number of piperidine rings is 1. The highest BCUT2D eigenvalue weighted by atomic mass is 32.2. The number of rotatable bonds is 7. The highest BCUT2D eigenvalue weighted by molar-refractivity contribution is 7.92. The first-order valence-electron chi connectivity index (χ1n) is 12.2. The van der Waals surface area contributed by atoms with E-state index in [9.17, 15) is 22.0 Å². The minimum absolute atomic E-state index is 0.190. The maximum absolute atomic E-state index is 13.7. The summed E-state index contributed by atoms with van der Waals surface area (Å²) in [4.78, 5) is 23.3. The van der Waals surface area contributed by atoms with Crippen molar-refractivity contribution in [2.24, 2.45) is 0 Å². The second-order valence-electron chi connectivity index (χ2n) is 9.24. The predicted octanol–water partition coefficient (Wildman–Crippen LogP) is 5.69. The van der Waals surface area contributed by atoms with Crippen molar-refractivity contribution in [3.8, 4) is 0 Å². The van der Waals surface area contributed by atoms with Crippen LogP contribution in [0, 0.1) is 18.6 Å². The van der Waals surface area contributed by atoms with E-state index in [1.54, 1.807) is 24.0 Å². The molecule has 2 aromatic heterocycles. The lowest BCUT2D eigenvalue weighted by Crippen LogP contribution is -2.38. The first kappa shape index (κ1) is 26.7. The van der Waals surface area contributed by atoms with E-state index in [2.05, 4.69) is 20.0 Å². The Morgan fingerprint density at radius 2 is 1.72 bits per heavy atom. The van der Waals surface area contributed by atoms with E-state index in [4.69, 9.17) is 0 Å². The molecular weight excluding hydrogens is 544 g/mol. The fourth-order valence-electron chi connectivity index (χ4n) is 4.54. The van der Waals surface area contributed by atoms with E-state index in [0.29, 0.717) is 42.2 Å². The van der Waals surface area contributed by atoms with E-state index in [0.717, 1.165) is 16.9 Å². The van der Waals surface area contributed by atoms with Crippen LogP contribution in [-0.2, 0) is 10.0 Å². The van der Waals surface area contributed by atoms with Crippen LogP contribution in [0.1, 0.15) is 40.2 Å². The normalized spacial score (nSPS) is 14.3. The monoisotopic (exact) mass is 569 g/mol. The Labute approximate surface area is 228 Å². The van der Waals surface area contributed by atoms with Gasteiger partial charge >= 0.3 is 0 Å². The summed E-state index contributed by atoms with van der Waals surface area (Å²) in [5.74, 6) is -0.799. The van der Waals surface area contributed by atoms with Crippen molar-refractivity contribution in [2.45, 2.75) is 30.7 Å². The molecule has 0 saturated carbocycles. The molecule has 0 atom stereocenters. The number of aromatic nitrogens is 2. The number of halogens is 2. The Morgan fingerprint density at radius 1 is 1.00 bits per heavy atom. The van der Waals surface area contributed by atoms with Gasteiger partial charge in [-0.2, -0.15) is 8.42 Å². The van der Waals surface area contributed by atoms with Crippen LogP contribution < -0.4 is 10.0 Å². The van der Waals surface area contributed by atoms with Crippen LogP contribution in [0.15, 0.2) is 71.5 Å². The molecule has 1 aliphatic heterocycles. The number of benzene rings is 2. The molecule has 39 heavy (non-hydrogen) atoms. The number of thiazole rings is 1. The molecule has 1 amide bonds. The van der Waals surface area contributed by atoms with Crippen LogP contribution in [-0.4, -0.2) is 42.3 Å². The first-order chi connectivity index (χ1) is 18.7. The van der Waals surface area contributed by atoms with Crippen molar-refractivity contribution >= 4 is 43.6 Å². The number of nitrogens with zero attached hydrogens (tertiary/aromatic N) is 3. The van der Waals surface area contributed by atoms with E-state index in [1.165, 1.54) is 54.3 Å². The van der Waals surface area contributed by atoms with Gasteiger partial charge in [-0.15, -0.1) is 11.3 Å². The third-order valence-electron chi connectivity index (χ3n) is 6.63. The average Bonchev–Trinajstić information content (AvgIpc) is 3.43. The fraction of sp³-hybridized carbons (Fsp3) is 0.222. The van der Waals surface area contributed by atoms with Gasteiger partial charge in [-0.25, -0.2) is 13.8 Å². The summed E-state index contributed by atoms with van der Waals surface area (Å²) in [6, 6.07) is 11.9. The summed E-state index contributed by atoms with van der Waals surface area (Å²) in [5.41, 5.74) is 4.05. The molecule has 2 N–H and O–H groups in total. The van der Waals surface area contributed by atoms with Gasteiger partial charge < -0.3 is 10.2 Å². The van der Waals surface area contributed by atoms with Crippen LogP contribution in [0.4, 0.5) is 25.2 Å². The molecule has 0 bridgehead atoms. The van der Waals surface area contributed by atoms with Gasteiger partial charge in [0.05, 0.1) is 23.0 Å². The van der Waals surface area contributed by atoms with Gasteiger partial charge in [0.2, 0.25) is 0 Å². The molecule has 0 spiro atoms. The van der Waals surface area contributed by atoms with E-state index >= 15 is 0 Å². The minimum atomic E-state index is -4.07. The molecule has 1 saturated heterocycles. The molecule has 5 rings (SSSR count). The second-order valence-corrected chi connectivity index (χ2v) is 11.8. The molecule has 1 fully saturated rings. The van der Waals surface area contributed by atoms with Crippen molar-refractivity contribution < 1.29 is 22.0 Å². The Hall–Kier alpha value is -3.90. The van der Waals surface area contributed by atoms with Crippen molar-refractivity contribution in [3.05, 3.63) is 94.8 Å². The molecule has 202 valence electrons. The smallest absolute Gasteiger partial charge is 0.280 e. The van der Waals surface area contributed by atoms with Crippen molar-refractivity contribution in [2.75, 3.05) is 23.1 Å². The average molecular weight is 570 g/mol. The second kappa shape index (κ2) is 11.1. The number of hydrogen-bond acceptors (Lipinski definition) is 7. The van der Waals surface area contributed by atoms with Crippen LogP contribution in [0.5, 0.6) is 0 Å². The summed E-state index contributed by atoms with van der Waals surface area (Å²) >= 11 is 1.12. The SMILES string of the molecule is Cc1cc(F)ccc1Nc1cc(S(=O)(=O)Nc2cncs2)ncc1C(=O)N1CCC(c2ccc(F)cc2)CC1. The van der Waals surface area contributed by atoms with Crippen molar-refractivity contribution in [1.82, 2.24) is 14.9 Å². The summed E-state index contributed by atoms with van der Waals surface area (Å²) in [5, 5.41) is 3.14. The highest BCUT2D eigenvalue weighted by Gasteiger charge is 2.28. The Morgan fingerprint density at radius 3 is 2.38 bits per heavy atom. The quantitative estimate of drug-likeness (QED) is 0.296. The number of likely N-dealkylation sites (tertiary alicyclic amines) is 1. The van der Waals surface area contributed by atoms with Crippen LogP contribution in [0.25, 0.3) is 0 Å². The van der Waals surface area contributed by atoms with Gasteiger partial charge in [0, 0.05) is 31.0 Å². The molecule has 1 aliphatic rings. The third kappa shape index (κ3) is 6.07. The number of pyridine rings is 1. The number of hydrogen-bond donors (Lipinski definition) is 2. The number of nitrogens with one attached hydrogen (secondary N) is 2. The van der Waals surface area contributed by atoms with E-state index in [1.807, 2.05) is 0 Å². The number of carbonyl (C=O) groups excluding carboxylic acids is 1. The van der Waals surface area contributed by atoms with Gasteiger partial charge in [-0.05, 0) is 67.1 Å². The number of carbonyl (C=O) groups is 1. The standard InChI is InChI=1S/C27H25F2N5O3S2/c1-17-12-21(29)6-7-23(17)32-24-13-26(39(36,37)33-25-15-30-16-38-25)31-14-22(24)27(35)34-10-8-19(9-11-34)18-2-4-20(28)5-3-18/h2-7,12-16,19,33H,8-11H2,1H3,(H,31,32). The zero-order valence-corrected chi connectivity index (χ0v) is 22.5. The Kier molecular flexibility index (Phi) is 7.58. The Balaban J connectivity index is 1.42. The summed E-state index contributed by atoms with van der Waals surface area (Å²) in [6.07, 6.45) is 4.04. The van der Waals surface area contributed by atoms with Crippen molar-refractivity contribution in [3.63, 3.8) is 0 Å². The predicted molar refractivity (Wildman–Crippen MR) is 146 cm³/mol. The lowest BCUT2D eigenvalue weighted by atomic mass is 9.89. The van der Waals surface area contributed by atoms with Crippen LogP contribution >= 0.6 is 11.3 Å². The lowest BCUT2D eigenvalue weighted by Gasteiger charge is -2.32. The highest BCUT2D eigenvalue weighted by Crippen LogP contribution is 2.32. The molecular formula is C27H25F2N5O3S2. The number of aryl methyl sites for hydroxylation is 1. The number of sulfonamides is 1. The molecule has 4 aromatic rings. The molecule has 2 aromatic carbocycles. The van der Waals surface area contributed by atoms with E-state index in [-0.39, 0.29) is 33.9 Å². The van der Waals surface area contributed by atoms with Gasteiger partial charge in [0.15, 0.2) is 5.03 Å². The van der Waals surface area contributed by atoms with Gasteiger partial charge in [-0.1, -0.05) is 12.1 Å². The maximum atomic E-state index is 13.7. The topological polar surface area (TPSA) is 104 Å². The lowest BCUT2D eigenvalue weighted by molar-refractivity contribution is 0.0713. The molecule has 0 aliphatic carbocycles. The molecule has 3 heterocycles. The van der Waals surface area contributed by atoms with Gasteiger partial charge in [-0.3, -0.25) is 14.5 Å². The fourth-order valence-corrected chi connectivity index (χ4v) is 6.31. The van der Waals surface area contributed by atoms with Gasteiger partial charge in [0.25, 0.3) is 15.9 Å². The summed E-state index contributed by atoms with van der Waals surface area (Å²) in [7, 11) is -4.07. The summed E-state index contributed by atoms with van der Waals surface area (Å²) < 4.78 is 55.4. The Bertz CT molecular complexity index is 1590. The third-order valence-corrected chi connectivity index (χ3v) is 8.71. The maximum Gasteiger partial charge on any atom is 0.280 e. The zero-order valence-electron chi connectivity index (χ0n) is 20.9.